The van der Waals surface area contributed by atoms with Gasteiger partial charge >= 0.3 is 0 Å². The molecule has 0 amide bonds. The van der Waals surface area contributed by atoms with Crippen LogP contribution in [0.5, 0.6) is 0 Å². The van der Waals surface area contributed by atoms with Crippen molar-refractivity contribution in [3.05, 3.63) is 0 Å². The average molecular weight is 186 g/mol. The van der Waals surface area contributed by atoms with Crippen LogP contribution in [0.25, 0.3) is 0 Å². The second kappa shape index (κ2) is 3.22. The Morgan fingerprint density at radius 1 is 1.25 bits per heavy atom. The molecule has 0 bridgehead atoms. The number of hydrogen-bond donors (Lipinski definition) is 0. The van der Waals surface area contributed by atoms with Crippen LogP contribution in [0, 0.1) is 0 Å². The molecule has 0 aromatic heterocycles. The van der Waals surface area contributed by atoms with E-state index in [1.54, 1.807) is 0 Å². The van der Waals surface area contributed by atoms with E-state index in [0.717, 1.165) is 11.9 Å². The Morgan fingerprint density at radius 3 is 2.83 bits per heavy atom. The fourth-order valence-electron chi connectivity index (χ4n) is 2.14. The van der Waals surface area contributed by atoms with Gasteiger partial charge in [-0.3, -0.25) is 0 Å². The molecule has 0 spiro atoms. The highest BCUT2D eigenvalue weighted by atomic mass is 32.2. The second-order valence-electron chi connectivity index (χ2n) is 4.55. The number of hydrogen-bond acceptors (Lipinski definition) is 2. The molecule has 12 heavy (non-hydrogen) atoms. The summed E-state index contributed by atoms with van der Waals surface area (Å²) in [5.74, 6) is 0. The van der Waals surface area contributed by atoms with Gasteiger partial charge in [0.2, 0.25) is 0 Å². The molecule has 70 valence electrons. The molecular formula is C10H18OS. The topological polar surface area (TPSA) is 9.23 Å². The number of ether oxygens (including phenoxy) is 1. The summed E-state index contributed by atoms with van der Waals surface area (Å²) in [6.45, 7) is 5.53. The molecule has 2 aliphatic rings. The van der Waals surface area contributed by atoms with Gasteiger partial charge < -0.3 is 4.74 Å². The Hall–Kier alpha value is 0.310. The molecule has 2 heteroatoms. The summed E-state index contributed by atoms with van der Waals surface area (Å²) in [4.78, 5) is 0. The van der Waals surface area contributed by atoms with Gasteiger partial charge in [-0.05, 0) is 26.7 Å². The van der Waals surface area contributed by atoms with Crippen molar-refractivity contribution < 1.29 is 4.74 Å². The normalized spacial score (nSPS) is 40.5. The lowest BCUT2D eigenvalue weighted by Crippen LogP contribution is -2.43. The zero-order valence-electron chi connectivity index (χ0n) is 8.01. The van der Waals surface area contributed by atoms with Crippen LogP contribution in [0.4, 0.5) is 0 Å². The maximum atomic E-state index is 5.88. The summed E-state index contributed by atoms with van der Waals surface area (Å²) in [5, 5.41) is 0.794. The van der Waals surface area contributed by atoms with Gasteiger partial charge in [0, 0.05) is 10.00 Å². The molecule has 1 saturated carbocycles. The molecule has 1 nitrogen and oxygen atoms in total. The predicted octanol–water partition coefficient (Wildman–Crippen LogP) is 2.84. The fourth-order valence-corrected chi connectivity index (χ4v) is 3.75. The predicted molar refractivity (Wildman–Crippen MR) is 53.7 cm³/mol. The standard InChI is InChI=1S/C10H18OS/c1-10(2)7-11-8-5-3-4-6-9(8)12-10/h8-9H,3-7H2,1-2H3. The number of rotatable bonds is 0. The maximum Gasteiger partial charge on any atom is 0.0694 e. The summed E-state index contributed by atoms with van der Waals surface area (Å²) in [5.41, 5.74) is 0. The van der Waals surface area contributed by atoms with Crippen LogP contribution in [0.15, 0.2) is 0 Å². The molecule has 0 N–H and O–H groups in total. The molecule has 2 unspecified atom stereocenters. The molecule has 1 aliphatic heterocycles. The lowest BCUT2D eigenvalue weighted by atomic mass is 9.96. The minimum atomic E-state index is 0.360. The van der Waals surface area contributed by atoms with E-state index in [0.29, 0.717) is 10.9 Å². The van der Waals surface area contributed by atoms with Gasteiger partial charge in [0.05, 0.1) is 12.7 Å². The number of thioether (sulfide) groups is 1. The minimum absolute atomic E-state index is 0.360. The highest BCUT2D eigenvalue weighted by Crippen LogP contribution is 2.42. The van der Waals surface area contributed by atoms with Crippen molar-refractivity contribution >= 4 is 11.8 Å². The Morgan fingerprint density at radius 2 is 2.00 bits per heavy atom. The average Bonchev–Trinajstić information content (AvgIpc) is 2.02. The van der Waals surface area contributed by atoms with E-state index in [1.165, 1.54) is 25.7 Å². The third-order valence-electron chi connectivity index (χ3n) is 2.76. The Bertz CT molecular complexity index is 167. The molecule has 2 fully saturated rings. The highest BCUT2D eigenvalue weighted by molar-refractivity contribution is 8.01. The smallest absolute Gasteiger partial charge is 0.0694 e. The maximum absolute atomic E-state index is 5.88. The molecule has 1 aliphatic carbocycles. The lowest BCUT2D eigenvalue weighted by Gasteiger charge is -2.42. The van der Waals surface area contributed by atoms with Gasteiger partial charge in [0.15, 0.2) is 0 Å². The van der Waals surface area contributed by atoms with Gasteiger partial charge in [0.25, 0.3) is 0 Å². The molecule has 2 rings (SSSR count). The summed E-state index contributed by atoms with van der Waals surface area (Å²) in [6, 6.07) is 0. The van der Waals surface area contributed by atoms with E-state index in [1.807, 2.05) is 0 Å². The lowest BCUT2D eigenvalue weighted by molar-refractivity contribution is 0.0134. The van der Waals surface area contributed by atoms with E-state index in [9.17, 15) is 0 Å². The van der Waals surface area contributed by atoms with E-state index in [4.69, 9.17) is 4.74 Å². The Kier molecular flexibility index (Phi) is 2.39. The number of fused-ring (bicyclic) bond motifs is 1. The minimum Gasteiger partial charge on any atom is -0.376 e. The van der Waals surface area contributed by atoms with Crippen LogP contribution in [0.1, 0.15) is 39.5 Å². The van der Waals surface area contributed by atoms with Crippen LogP contribution in [-0.2, 0) is 4.74 Å². The molecule has 1 saturated heterocycles. The first-order valence-corrected chi connectivity index (χ1v) is 5.85. The van der Waals surface area contributed by atoms with E-state index in [2.05, 4.69) is 25.6 Å². The zero-order chi connectivity index (χ0) is 8.60. The third kappa shape index (κ3) is 1.80. The molecule has 0 aromatic carbocycles. The summed E-state index contributed by atoms with van der Waals surface area (Å²) in [7, 11) is 0. The van der Waals surface area contributed by atoms with Crippen LogP contribution >= 0.6 is 11.8 Å². The molecule has 1 heterocycles. The van der Waals surface area contributed by atoms with Crippen molar-refractivity contribution in [2.75, 3.05) is 6.61 Å². The zero-order valence-corrected chi connectivity index (χ0v) is 8.82. The third-order valence-corrected chi connectivity index (χ3v) is 4.36. The second-order valence-corrected chi connectivity index (χ2v) is 6.50. The largest absolute Gasteiger partial charge is 0.376 e. The Balaban J connectivity index is 1.99. The quantitative estimate of drug-likeness (QED) is 0.575. The van der Waals surface area contributed by atoms with Crippen molar-refractivity contribution in [2.24, 2.45) is 0 Å². The first kappa shape index (κ1) is 8.89. The summed E-state index contributed by atoms with van der Waals surface area (Å²) in [6.07, 6.45) is 6.04. The first-order valence-electron chi connectivity index (χ1n) is 4.97. The highest BCUT2D eigenvalue weighted by Gasteiger charge is 2.37. The monoisotopic (exact) mass is 186 g/mol. The molecular weight excluding hydrogens is 168 g/mol. The van der Waals surface area contributed by atoms with Crippen LogP contribution < -0.4 is 0 Å². The van der Waals surface area contributed by atoms with E-state index >= 15 is 0 Å². The van der Waals surface area contributed by atoms with Crippen LogP contribution in [-0.4, -0.2) is 22.7 Å². The van der Waals surface area contributed by atoms with Gasteiger partial charge in [-0.15, -0.1) is 11.8 Å². The Labute approximate surface area is 79.2 Å². The van der Waals surface area contributed by atoms with Crippen LogP contribution in [0.3, 0.4) is 0 Å². The van der Waals surface area contributed by atoms with Gasteiger partial charge in [0.1, 0.15) is 0 Å². The molecule has 2 atom stereocenters. The summed E-state index contributed by atoms with van der Waals surface area (Å²) < 4.78 is 6.24. The van der Waals surface area contributed by atoms with Crippen molar-refractivity contribution in [3.63, 3.8) is 0 Å². The van der Waals surface area contributed by atoms with Crippen molar-refractivity contribution in [3.8, 4) is 0 Å². The van der Waals surface area contributed by atoms with E-state index in [-0.39, 0.29) is 0 Å². The van der Waals surface area contributed by atoms with Crippen molar-refractivity contribution in [1.82, 2.24) is 0 Å². The van der Waals surface area contributed by atoms with Gasteiger partial charge in [-0.1, -0.05) is 12.8 Å². The summed E-state index contributed by atoms with van der Waals surface area (Å²) >= 11 is 2.15. The first-order chi connectivity index (χ1) is 5.67. The molecule has 0 aromatic rings. The molecule has 0 radical (unpaired) electrons. The van der Waals surface area contributed by atoms with E-state index < -0.39 is 0 Å². The van der Waals surface area contributed by atoms with Crippen molar-refractivity contribution in [2.45, 2.75) is 55.6 Å². The SMILES string of the molecule is CC1(C)COC2CCCCC2S1. The van der Waals surface area contributed by atoms with Crippen molar-refractivity contribution in [1.29, 1.82) is 0 Å². The van der Waals surface area contributed by atoms with Crippen LogP contribution in [0.2, 0.25) is 0 Å². The van der Waals surface area contributed by atoms with Gasteiger partial charge in [-0.2, -0.15) is 0 Å². The van der Waals surface area contributed by atoms with Gasteiger partial charge in [-0.25, -0.2) is 0 Å². The fraction of sp³-hybridized carbons (Fsp3) is 1.00.